The molecule has 0 aromatic heterocycles. The fourth-order valence-electron chi connectivity index (χ4n) is 2.05. The van der Waals surface area contributed by atoms with Crippen molar-refractivity contribution in [2.75, 3.05) is 0 Å². The Morgan fingerprint density at radius 2 is 1.75 bits per heavy atom. The van der Waals surface area contributed by atoms with Crippen molar-refractivity contribution in [3.05, 3.63) is 57.1 Å². The Kier molecular flexibility index (Phi) is 5.44. The van der Waals surface area contributed by atoms with E-state index in [2.05, 4.69) is 9.97 Å². The van der Waals surface area contributed by atoms with Crippen molar-refractivity contribution in [1.29, 1.82) is 0 Å². The number of hydrogen-bond acceptors (Lipinski definition) is 7. The first-order valence-electron chi connectivity index (χ1n) is 6.42. The van der Waals surface area contributed by atoms with Crippen molar-refractivity contribution in [1.82, 2.24) is 4.98 Å². The standard InChI is InChI=1S/C14H10N2O2S.ClHO4/c1-8-7-10(9-5-3-2-4-6-9)18-13-11(8)12(17)15-14(19)16-13;2-1(3,4)5/h2-7H,1H3,(H,15,17,19);(H,2,3,4,5). The highest BCUT2D eigenvalue weighted by Gasteiger charge is 2.20. The fourth-order valence-corrected chi connectivity index (χ4v) is 2.24. The van der Waals surface area contributed by atoms with E-state index in [1.807, 2.05) is 43.3 Å². The van der Waals surface area contributed by atoms with E-state index in [0.717, 1.165) is 11.1 Å². The van der Waals surface area contributed by atoms with E-state index in [1.165, 1.54) is 0 Å². The van der Waals surface area contributed by atoms with Crippen molar-refractivity contribution < 1.29 is 38.3 Å². The van der Waals surface area contributed by atoms with E-state index >= 15 is 0 Å². The van der Waals surface area contributed by atoms with Crippen LogP contribution in [0.15, 0.2) is 45.6 Å². The Morgan fingerprint density at radius 3 is 2.33 bits per heavy atom. The third-order valence-electron chi connectivity index (χ3n) is 2.92. The first-order chi connectivity index (χ1) is 11.1. The molecule has 0 aliphatic carbocycles. The van der Waals surface area contributed by atoms with E-state index in [9.17, 15) is 4.79 Å². The van der Waals surface area contributed by atoms with Crippen molar-refractivity contribution >= 4 is 12.2 Å². The van der Waals surface area contributed by atoms with Gasteiger partial charge >= 0.3 is 16.2 Å². The second-order valence-electron chi connectivity index (χ2n) is 4.65. The lowest BCUT2D eigenvalue weighted by Gasteiger charge is -2.17. The molecule has 24 heavy (non-hydrogen) atoms. The van der Waals surface area contributed by atoms with E-state index in [-0.39, 0.29) is 10.3 Å². The fraction of sp³-hybridized carbons (Fsp3) is 0.0714. The van der Waals surface area contributed by atoms with Crippen LogP contribution in [0.2, 0.25) is 0 Å². The highest BCUT2D eigenvalue weighted by atomic mass is 35.7. The van der Waals surface area contributed by atoms with Gasteiger partial charge in [-0.3, -0.25) is 0 Å². The van der Waals surface area contributed by atoms with Crippen LogP contribution in [-0.4, -0.2) is 4.98 Å². The predicted octanol–water partition coefficient (Wildman–Crippen LogP) is -2.16. The lowest BCUT2D eigenvalue weighted by atomic mass is 10.1. The summed E-state index contributed by atoms with van der Waals surface area (Å²) in [6.45, 7) is 1.87. The van der Waals surface area contributed by atoms with Gasteiger partial charge in [-0.25, -0.2) is 23.4 Å². The molecule has 0 saturated heterocycles. The normalized spacial score (nSPS) is 11.0. The minimum Gasteiger partial charge on any atom is -0.422 e. The molecule has 126 valence electrons. The minimum atomic E-state index is -4.94. The number of halogens is 1. The molecule has 3 rings (SSSR count). The lowest BCUT2D eigenvalue weighted by molar-refractivity contribution is -2.00. The number of H-pyrrole nitrogens is 2. The van der Waals surface area contributed by atoms with Gasteiger partial charge in [0.1, 0.15) is 5.76 Å². The van der Waals surface area contributed by atoms with Gasteiger partial charge in [0, 0.05) is 17.8 Å². The third-order valence-corrected chi connectivity index (χ3v) is 3.12. The van der Waals surface area contributed by atoms with Gasteiger partial charge < -0.3 is 4.42 Å². The van der Waals surface area contributed by atoms with Gasteiger partial charge in [0.2, 0.25) is 0 Å². The summed E-state index contributed by atoms with van der Waals surface area (Å²) in [5, 5.41) is 0. The van der Waals surface area contributed by atoms with Crippen LogP contribution in [0, 0.1) is 21.9 Å². The van der Waals surface area contributed by atoms with Gasteiger partial charge in [-0.2, -0.15) is 9.97 Å². The Morgan fingerprint density at radius 1 is 1.17 bits per heavy atom. The molecule has 2 aliphatic heterocycles. The van der Waals surface area contributed by atoms with Gasteiger partial charge in [0.25, 0.3) is 0 Å². The monoisotopic (exact) mass is 370 g/mol. The van der Waals surface area contributed by atoms with Crippen LogP contribution in [0.4, 0.5) is 0 Å². The summed E-state index contributed by atoms with van der Waals surface area (Å²) in [7, 11) is -4.94. The third kappa shape index (κ3) is 4.93. The maximum Gasteiger partial charge on any atom is 0.352 e. The van der Waals surface area contributed by atoms with E-state index in [1.54, 1.807) is 0 Å². The summed E-state index contributed by atoms with van der Waals surface area (Å²) in [5.74, 6) is 1.09. The number of benzene rings is 1. The number of nitrogens with one attached hydrogen (secondary N) is 2. The number of aryl methyl sites for hydroxylation is 1. The number of aromatic nitrogens is 2. The molecule has 10 heteroatoms. The first kappa shape index (κ1) is 18.2. The average Bonchev–Trinajstić information content (AvgIpc) is 2.45. The molecule has 1 aromatic carbocycles. The summed E-state index contributed by atoms with van der Waals surface area (Å²) < 4.78 is 40.0. The van der Waals surface area contributed by atoms with Crippen LogP contribution in [0.25, 0.3) is 22.8 Å². The molecule has 2 N–H and O–H groups in total. The second kappa shape index (κ2) is 7.18. The largest absolute Gasteiger partial charge is 0.422 e. The van der Waals surface area contributed by atoms with Crippen LogP contribution in [-0.2, 0) is 0 Å². The quantitative estimate of drug-likeness (QED) is 0.478. The Labute approximate surface area is 142 Å². The van der Waals surface area contributed by atoms with Gasteiger partial charge in [0.05, 0.1) is 0 Å². The highest BCUT2D eigenvalue weighted by Crippen LogP contribution is 2.26. The van der Waals surface area contributed by atoms with Crippen molar-refractivity contribution in [3.8, 4) is 22.8 Å². The van der Waals surface area contributed by atoms with E-state index in [4.69, 9.17) is 35.3 Å². The average molecular weight is 371 g/mol. The SMILES string of the molecule is Cc1cc(-c2ccccc2)oc2[nH+]c(=S)[nH]c(=O)c1-2.[O-][Cl+3]([O-])([O-])[O-]. The first-order valence-corrected chi connectivity index (χ1v) is 8.06. The predicted molar refractivity (Wildman–Crippen MR) is 73.5 cm³/mol. The van der Waals surface area contributed by atoms with Crippen LogP contribution >= 0.6 is 12.2 Å². The summed E-state index contributed by atoms with van der Waals surface area (Å²) in [6, 6.07) is 11.6. The zero-order chi connectivity index (χ0) is 17.9. The molecular weight excluding hydrogens is 360 g/mol. The molecule has 0 amide bonds. The molecule has 0 atom stereocenters. The Balaban J connectivity index is 0.000000368. The molecule has 0 bridgehead atoms. The number of fused-ring (bicyclic) bond motifs is 1. The Bertz CT molecular complexity index is 913. The summed E-state index contributed by atoms with van der Waals surface area (Å²) >= 11 is 4.96. The topological polar surface area (TPSA) is 152 Å². The smallest absolute Gasteiger partial charge is 0.352 e. The summed E-state index contributed by atoms with van der Waals surface area (Å²) in [6.07, 6.45) is 0. The molecule has 0 fully saturated rings. The van der Waals surface area contributed by atoms with Crippen LogP contribution < -0.4 is 29.2 Å². The van der Waals surface area contributed by atoms with Gasteiger partial charge in [0.15, 0.2) is 5.56 Å². The maximum absolute atomic E-state index is 11.9. The lowest BCUT2D eigenvalue weighted by Crippen LogP contribution is -2.68. The zero-order valence-corrected chi connectivity index (χ0v) is 13.8. The van der Waals surface area contributed by atoms with E-state index in [0.29, 0.717) is 17.2 Å². The molecule has 2 aliphatic rings. The minimum absolute atomic E-state index is 0.236. The van der Waals surface area contributed by atoms with Gasteiger partial charge in [-0.1, -0.05) is 30.3 Å². The van der Waals surface area contributed by atoms with Crippen molar-refractivity contribution in [3.63, 3.8) is 0 Å². The summed E-state index contributed by atoms with van der Waals surface area (Å²) in [5.41, 5.74) is 2.05. The molecule has 0 spiro atoms. The van der Waals surface area contributed by atoms with Gasteiger partial charge in [-0.05, 0) is 18.6 Å². The van der Waals surface area contributed by atoms with Crippen LogP contribution in [0.1, 0.15) is 5.56 Å². The highest BCUT2D eigenvalue weighted by molar-refractivity contribution is 7.71. The number of aromatic amines is 2. The second-order valence-corrected chi connectivity index (χ2v) is 5.81. The van der Waals surface area contributed by atoms with E-state index < -0.39 is 10.2 Å². The molecule has 1 aromatic rings. The molecule has 0 unspecified atom stereocenters. The van der Waals surface area contributed by atoms with Crippen LogP contribution in [0.3, 0.4) is 0 Å². The number of hydrogen-bond donors (Lipinski definition) is 1. The molecule has 2 heterocycles. The van der Waals surface area contributed by atoms with Gasteiger partial charge in [-0.15, -0.1) is 10.2 Å². The molecule has 0 radical (unpaired) electrons. The number of rotatable bonds is 1. The van der Waals surface area contributed by atoms with Crippen LogP contribution in [0.5, 0.6) is 0 Å². The molecule has 8 nitrogen and oxygen atoms in total. The summed E-state index contributed by atoms with van der Waals surface area (Å²) in [4.78, 5) is 17.3. The van der Waals surface area contributed by atoms with Crippen molar-refractivity contribution in [2.45, 2.75) is 6.92 Å². The van der Waals surface area contributed by atoms with Crippen molar-refractivity contribution in [2.24, 2.45) is 0 Å². The zero-order valence-electron chi connectivity index (χ0n) is 12.2. The Hall–Kier alpha value is -2.14. The molecule has 0 saturated carbocycles. The maximum atomic E-state index is 11.9. The molecular formula is C14H11ClN2O6S.